The molecule has 1 N–H and O–H groups in total. The molecule has 0 spiro atoms. The number of hydrogen-bond donors (Lipinski definition) is 1. The number of carbonyl (C=O) groups is 3. The lowest BCUT2D eigenvalue weighted by molar-refractivity contribution is -0.274. The zero-order valence-electron chi connectivity index (χ0n) is 20.8. The molecule has 2 aromatic carbocycles. The largest absolute Gasteiger partial charge is 0.573 e. The molecule has 0 saturated carbocycles. The molecule has 4 rings (SSSR count). The Morgan fingerprint density at radius 2 is 1.65 bits per heavy atom. The van der Waals surface area contributed by atoms with Crippen LogP contribution in [0.1, 0.15) is 61.3 Å². The highest BCUT2D eigenvalue weighted by atomic mass is 19.4. The Balaban J connectivity index is 1.48. The van der Waals surface area contributed by atoms with E-state index < -0.39 is 36.0 Å². The monoisotopic (exact) mass is 519 g/mol. The number of rotatable bonds is 5. The molecule has 2 aliphatic rings. The van der Waals surface area contributed by atoms with Gasteiger partial charge in [0, 0.05) is 18.7 Å². The van der Waals surface area contributed by atoms with E-state index in [1.807, 2.05) is 0 Å². The summed E-state index contributed by atoms with van der Waals surface area (Å²) < 4.78 is 46.6. The van der Waals surface area contributed by atoms with E-state index in [-0.39, 0.29) is 30.8 Å². The maximum Gasteiger partial charge on any atom is 0.573 e. The third-order valence-corrected chi connectivity index (χ3v) is 6.13. The number of alkyl halides is 3. The Labute approximate surface area is 212 Å². The van der Waals surface area contributed by atoms with Crippen molar-refractivity contribution in [2.45, 2.75) is 57.8 Å². The first-order valence-corrected chi connectivity index (χ1v) is 11.8. The van der Waals surface area contributed by atoms with Crippen molar-refractivity contribution in [2.24, 2.45) is 0 Å². The molecule has 0 bridgehead atoms. The molecule has 2 aliphatic heterocycles. The lowest BCUT2D eigenvalue weighted by Gasteiger charge is -2.45. The normalized spacial score (nSPS) is 18.7. The fourth-order valence-corrected chi connectivity index (χ4v) is 4.42. The van der Waals surface area contributed by atoms with Crippen LogP contribution < -0.4 is 10.1 Å². The Hall–Kier alpha value is -3.76. The van der Waals surface area contributed by atoms with Crippen molar-refractivity contribution in [3.63, 3.8) is 0 Å². The van der Waals surface area contributed by atoms with Gasteiger partial charge in [0.2, 0.25) is 5.91 Å². The van der Waals surface area contributed by atoms with E-state index in [9.17, 15) is 27.6 Å². The molecule has 0 aliphatic carbocycles. The van der Waals surface area contributed by atoms with Gasteiger partial charge in [0.05, 0.1) is 12.1 Å². The number of carbonyl (C=O) groups excluding carboxylic acids is 3. The van der Waals surface area contributed by atoms with Crippen LogP contribution in [0.15, 0.2) is 48.5 Å². The smallest absolute Gasteiger partial charge is 0.444 e. The Morgan fingerprint density at radius 3 is 2.24 bits per heavy atom. The second-order valence-corrected chi connectivity index (χ2v) is 10.1. The lowest BCUT2D eigenvalue weighted by Crippen LogP contribution is -2.63. The van der Waals surface area contributed by atoms with E-state index in [4.69, 9.17) is 4.74 Å². The molecular formula is C26H28F3N3O5. The van der Waals surface area contributed by atoms with Crippen LogP contribution in [0.5, 0.6) is 5.75 Å². The Bertz CT molecular complexity index is 1190. The summed E-state index contributed by atoms with van der Waals surface area (Å²) in [6.07, 6.45) is -5.28. The maximum atomic E-state index is 13.5. The standard InChI is InChI=1S/C26H28F3N3O5/c1-15(16-9-11-18(12-10-16)36-26(27,28)29)30-22(33)21-19-7-5-6-8-20(19)23(34)32(21)17-13-31(14-17)24(35)37-25(2,3)4/h5-12,15,17,21H,13-14H2,1-4H3,(H,30,33). The summed E-state index contributed by atoms with van der Waals surface area (Å²) in [5, 5.41) is 2.86. The molecule has 0 radical (unpaired) electrons. The second-order valence-electron chi connectivity index (χ2n) is 10.1. The highest BCUT2D eigenvalue weighted by Gasteiger charge is 2.49. The fourth-order valence-electron chi connectivity index (χ4n) is 4.42. The van der Waals surface area contributed by atoms with E-state index in [2.05, 4.69) is 10.1 Å². The van der Waals surface area contributed by atoms with Crippen molar-refractivity contribution in [2.75, 3.05) is 13.1 Å². The molecule has 8 nitrogen and oxygen atoms in total. The molecule has 0 aromatic heterocycles. The van der Waals surface area contributed by atoms with E-state index in [1.165, 1.54) is 34.1 Å². The zero-order valence-corrected chi connectivity index (χ0v) is 20.8. The van der Waals surface area contributed by atoms with Gasteiger partial charge in [-0.1, -0.05) is 30.3 Å². The molecule has 1 saturated heterocycles. The predicted molar refractivity (Wildman–Crippen MR) is 127 cm³/mol. The van der Waals surface area contributed by atoms with Gasteiger partial charge in [0.25, 0.3) is 5.91 Å². The summed E-state index contributed by atoms with van der Waals surface area (Å²) in [4.78, 5) is 42.1. The Morgan fingerprint density at radius 1 is 1.03 bits per heavy atom. The average Bonchev–Trinajstić information content (AvgIpc) is 3.03. The summed E-state index contributed by atoms with van der Waals surface area (Å²) in [6, 6.07) is 10.2. The van der Waals surface area contributed by atoms with Crippen molar-refractivity contribution >= 4 is 17.9 Å². The zero-order chi connectivity index (χ0) is 27.1. The van der Waals surface area contributed by atoms with Crippen molar-refractivity contribution < 1.29 is 37.0 Å². The molecular weight excluding hydrogens is 491 g/mol. The van der Waals surface area contributed by atoms with Crippen LogP contribution in [0.25, 0.3) is 0 Å². The molecule has 2 aromatic rings. The van der Waals surface area contributed by atoms with Gasteiger partial charge < -0.3 is 24.6 Å². The summed E-state index contributed by atoms with van der Waals surface area (Å²) in [5.41, 5.74) is 0.880. The number of benzene rings is 2. The number of ether oxygens (including phenoxy) is 2. The highest BCUT2D eigenvalue weighted by Crippen LogP contribution is 2.38. The van der Waals surface area contributed by atoms with Gasteiger partial charge in [-0.15, -0.1) is 13.2 Å². The highest BCUT2D eigenvalue weighted by molar-refractivity contribution is 6.05. The molecule has 2 unspecified atom stereocenters. The molecule has 1 fully saturated rings. The van der Waals surface area contributed by atoms with E-state index >= 15 is 0 Å². The number of nitrogens with one attached hydrogen (secondary N) is 1. The van der Waals surface area contributed by atoms with E-state index in [1.54, 1.807) is 52.0 Å². The van der Waals surface area contributed by atoms with Crippen LogP contribution in [-0.4, -0.2) is 58.8 Å². The van der Waals surface area contributed by atoms with Gasteiger partial charge >= 0.3 is 12.5 Å². The number of halogens is 3. The first-order chi connectivity index (χ1) is 17.2. The number of amides is 3. The number of nitrogens with zero attached hydrogens (tertiary/aromatic N) is 2. The van der Waals surface area contributed by atoms with Gasteiger partial charge in [-0.25, -0.2) is 4.79 Å². The molecule has 37 heavy (non-hydrogen) atoms. The number of likely N-dealkylation sites (tertiary alicyclic amines) is 1. The van der Waals surface area contributed by atoms with Crippen LogP contribution in [0.3, 0.4) is 0 Å². The first-order valence-electron chi connectivity index (χ1n) is 11.8. The SMILES string of the molecule is CC(NC(=O)C1c2ccccc2C(=O)N1C1CN(C(=O)OC(C)(C)C)C1)c1ccc(OC(F)(F)F)cc1. The van der Waals surface area contributed by atoms with Crippen molar-refractivity contribution in [3.05, 3.63) is 65.2 Å². The lowest BCUT2D eigenvalue weighted by atomic mass is 10.0. The Kier molecular flexibility index (Phi) is 6.83. The van der Waals surface area contributed by atoms with Crippen LogP contribution in [0, 0.1) is 0 Å². The van der Waals surface area contributed by atoms with Crippen molar-refractivity contribution in [1.82, 2.24) is 15.1 Å². The quantitative estimate of drug-likeness (QED) is 0.625. The predicted octanol–water partition coefficient (Wildman–Crippen LogP) is 4.58. The fraction of sp³-hybridized carbons (Fsp3) is 0.423. The first kappa shape index (κ1) is 26.3. The molecule has 11 heteroatoms. The van der Waals surface area contributed by atoms with Gasteiger partial charge in [0.15, 0.2) is 0 Å². The van der Waals surface area contributed by atoms with Gasteiger partial charge in [-0.3, -0.25) is 9.59 Å². The van der Waals surface area contributed by atoms with Crippen molar-refractivity contribution in [3.8, 4) is 5.75 Å². The second kappa shape index (κ2) is 9.60. The minimum Gasteiger partial charge on any atom is -0.444 e. The van der Waals surface area contributed by atoms with E-state index in [0.29, 0.717) is 16.7 Å². The minimum atomic E-state index is -4.80. The van der Waals surface area contributed by atoms with Crippen LogP contribution >= 0.6 is 0 Å². The number of hydrogen-bond acceptors (Lipinski definition) is 5. The summed E-state index contributed by atoms with van der Waals surface area (Å²) in [7, 11) is 0. The number of fused-ring (bicyclic) bond motifs is 1. The van der Waals surface area contributed by atoms with Crippen molar-refractivity contribution in [1.29, 1.82) is 0 Å². The van der Waals surface area contributed by atoms with Gasteiger partial charge in [-0.05, 0) is 57.0 Å². The summed E-state index contributed by atoms with van der Waals surface area (Å²) in [5.74, 6) is -1.10. The van der Waals surface area contributed by atoms with Crippen LogP contribution in [0.4, 0.5) is 18.0 Å². The molecule has 2 atom stereocenters. The summed E-state index contributed by atoms with van der Waals surface area (Å²) in [6.45, 7) is 7.45. The third-order valence-electron chi connectivity index (χ3n) is 6.13. The minimum absolute atomic E-state index is 0.231. The summed E-state index contributed by atoms with van der Waals surface area (Å²) >= 11 is 0. The molecule has 3 amide bonds. The third kappa shape index (κ3) is 5.81. The van der Waals surface area contributed by atoms with Crippen LogP contribution in [0.2, 0.25) is 0 Å². The van der Waals surface area contributed by atoms with E-state index in [0.717, 1.165) is 0 Å². The molecule has 198 valence electrons. The van der Waals surface area contributed by atoms with Gasteiger partial charge in [-0.2, -0.15) is 0 Å². The average molecular weight is 520 g/mol. The topological polar surface area (TPSA) is 88.2 Å². The van der Waals surface area contributed by atoms with Gasteiger partial charge in [0.1, 0.15) is 17.4 Å². The van der Waals surface area contributed by atoms with Crippen LogP contribution in [-0.2, 0) is 9.53 Å². The maximum absolute atomic E-state index is 13.5. The molecule has 2 heterocycles.